The number of likely N-dealkylation sites (tertiary alicyclic amines) is 1. The zero-order valence-electron chi connectivity index (χ0n) is 13.9. The average molecular weight is 342 g/mol. The van der Waals surface area contributed by atoms with E-state index in [9.17, 15) is 9.90 Å². The molecular weight excluding hydrogens is 320 g/mol. The summed E-state index contributed by atoms with van der Waals surface area (Å²) in [6.07, 6.45) is 3.01. The minimum Gasteiger partial charge on any atom is -0.508 e. The lowest BCUT2D eigenvalue weighted by Gasteiger charge is -2.51. The predicted molar refractivity (Wildman–Crippen MR) is 95.3 cm³/mol. The van der Waals surface area contributed by atoms with E-state index in [0.717, 1.165) is 41.9 Å². The van der Waals surface area contributed by atoms with Crippen LogP contribution in [0.25, 0.3) is 0 Å². The summed E-state index contributed by atoms with van der Waals surface area (Å²) in [5.74, 6) is 0.439. The number of amides is 1. The number of hydrogen-bond donors (Lipinski definition) is 1. The highest BCUT2D eigenvalue weighted by Crippen LogP contribution is 2.43. The number of rotatable bonds is 2. The molecule has 1 aromatic heterocycles. The summed E-state index contributed by atoms with van der Waals surface area (Å²) in [6.45, 7) is 4.75. The fraction of sp³-hybridized carbons (Fsp3) is 0.421. The maximum atomic E-state index is 13.2. The van der Waals surface area contributed by atoms with Crippen LogP contribution in [-0.2, 0) is 12.1 Å². The molecule has 126 valence electrons. The van der Waals surface area contributed by atoms with E-state index in [1.165, 1.54) is 11.3 Å². The Labute approximate surface area is 146 Å². The summed E-state index contributed by atoms with van der Waals surface area (Å²) in [4.78, 5) is 18.4. The summed E-state index contributed by atoms with van der Waals surface area (Å²) >= 11 is 1.49. The van der Waals surface area contributed by atoms with Gasteiger partial charge in [0.1, 0.15) is 11.4 Å². The molecule has 4 rings (SSSR count). The van der Waals surface area contributed by atoms with E-state index in [0.29, 0.717) is 18.7 Å². The van der Waals surface area contributed by atoms with Crippen molar-refractivity contribution < 1.29 is 9.90 Å². The Hall–Kier alpha value is -1.85. The minimum atomic E-state index is -0.496. The number of phenolic OH excluding ortho intramolecular Hbond substituents is 1. The van der Waals surface area contributed by atoms with Crippen molar-refractivity contribution >= 4 is 17.2 Å². The van der Waals surface area contributed by atoms with Gasteiger partial charge in [-0.2, -0.15) is 0 Å². The molecule has 0 aliphatic carbocycles. The van der Waals surface area contributed by atoms with E-state index in [1.54, 1.807) is 6.07 Å². The number of nitrogens with zero attached hydrogens (tertiary/aromatic N) is 2. The van der Waals surface area contributed by atoms with Crippen LogP contribution in [0.4, 0.5) is 0 Å². The van der Waals surface area contributed by atoms with E-state index in [2.05, 4.69) is 17.9 Å². The van der Waals surface area contributed by atoms with Crippen LogP contribution in [0.15, 0.2) is 35.7 Å². The first kappa shape index (κ1) is 15.7. The highest BCUT2D eigenvalue weighted by atomic mass is 32.1. The van der Waals surface area contributed by atoms with Gasteiger partial charge in [0.05, 0.1) is 4.88 Å². The molecule has 2 aromatic rings. The third-order valence-corrected chi connectivity index (χ3v) is 6.33. The second-order valence-electron chi connectivity index (χ2n) is 6.70. The van der Waals surface area contributed by atoms with Crippen LogP contribution in [0.2, 0.25) is 0 Å². The summed E-state index contributed by atoms with van der Waals surface area (Å²) < 4.78 is 0. The maximum absolute atomic E-state index is 13.2. The van der Waals surface area contributed by atoms with Crippen molar-refractivity contribution in [3.63, 3.8) is 0 Å². The van der Waals surface area contributed by atoms with Gasteiger partial charge in [-0.3, -0.25) is 9.69 Å². The lowest BCUT2D eigenvalue weighted by atomic mass is 9.86. The SMILES string of the molecule is CC1(N2CCCC2)c2cccc(O)c2CCN1C(=O)c1cccs1. The van der Waals surface area contributed by atoms with Crippen LogP contribution in [-0.4, -0.2) is 40.4 Å². The van der Waals surface area contributed by atoms with Crippen LogP contribution < -0.4 is 0 Å². The van der Waals surface area contributed by atoms with Gasteiger partial charge in [-0.1, -0.05) is 18.2 Å². The Balaban J connectivity index is 1.83. The van der Waals surface area contributed by atoms with Crippen molar-refractivity contribution in [3.8, 4) is 5.75 Å². The molecule has 0 saturated carbocycles. The fourth-order valence-electron chi connectivity index (χ4n) is 4.19. The molecule has 4 nitrogen and oxygen atoms in total. The molecule has 1 fully saturated rings. The molecule has 5 heteroatoms. The Kier molecular flexibility index (Phi) is 3.85. The molecule has 0 radical (unpaired) electrons. The number of phenols is 1. The van der Waals surface area contributed by atoms with Crippen molar-refractivity contribution in [1.82, 2.24) is 9.80 Å². The molecule has 2 aliphatic heterocycles. The fourth-order valence-corrected chi connectivity index (χ4v) is 4.87. The summed E-state index contributed by atoms with van der Waals surface area (Å²) in [7, 11) is 0. The van der Waals surface area contributed by atoms with Gasteiger partial charge in [-0.15, -0.1) is 11.3 Å². The highest BCUT2D eigenvalue weighted by Gasteiger charge is 2.47. The molecule has 1 amide bonds. The lowest BCUT2D eigenvalue weighted by Crippen LogP contribution is -2.60. The van der Waals surface area contributed by atoms with E-state index < -0.39 is 5.66 Å². The highest BCUT2D eigenvalue weighted by molar-refractivity contribution is 7.12. The third kappa shape index (κ3) is 2.26. The monoisotopic (exact) mass is 342 g/mol. The number of carbonyl (C=O) groups is 1. The van der Waals surface area contributed by atoms with Gasteiger partial charge in [0, 0.05) is 25.2 Å². The molecule has 0 bridgehead atoms. The molecule has 1 N–H and O–H groups in total. The quantitative estimate of drug-likeness (QED) is 0.909. The van der Waals surface area contributed by atoms with Crippen molar-refractivity contribution in [2.24, 2.45) is 0 Å². The Morgan fingerprint density at radius 2 is 1.96 bits per heavy atom. The van der Waals surface area contributed by atoms with Crippen molar-refractivity contribution in [3.05, 3.63) is 51.7 Å². The van der Waals surface area contributed by atoms with Gasteiger partial charge in [0.25, 0.3) is 5.91 Å². The molecule has 0 spiro atoms. The molecule has 3 heterocycles. The van der Waals surface area contributed by atoms with Gasteiger partial charge in [-0.25, -0.2) is 0 Å². The molecule has 1 unspecified atom stereocenters. The van der Waals surface area contributed by atoms with Crippen LogP contribution in [0.1, 0.15) is 40.6 Å². The molecule has 24 heavy (non-hydrogen) atoms. The Morgan fingerprint density at radius 1 is 1.17 bits per heavy atom. The zero-order chi connectivity index (χ0) is 16.7. The van der Waals surface area contributed by atoms with E-state index in [-0.39, 0.29) is 5.91 Å². The average Bonchev–Trinajstić information content (AvgIpc) is 3.29. The normalized spacial score (nSPS) is 24.1. The largest absolute Gasteiger partial charge is 0.508 e. The summed E-state index contributed by atoms with van der Waals surface area (Å²) in [5, 5.41) is 12.3. The predicted octanol–water partition coefficient (Wildman–Crippen LogP) is 3.42. The lowest BCUT2D eigenvalue weighted by molar-refractivity contribution is -0.0304. The van der Waals surface area contributed by atoms with Crippen molar-refractivity contribution in [2.45, 2.75) is 31.8 Å². The number of fused-ring (bicyclic) bond motifs is 1. The molecule has 1 saturated heterocycles. The van der Waals surface area contributed by atoms with E-state index in [4.69, 9.17) is 0 Å². The topological polar surface area (TPSA) is 43.8 Å². The molecule has 1 atom stereocenters. The maximum Gasteiger partial charge on any atom is 0.265 e. The number of benzene rings is 1. The zero-order valence-corrected chi connectivity index (χ0v) is 14.7. The third-order valence-electron chi connectivity index (χ3n) is 5.47. The Bertz CT molecular complexity index is 753. The minimum absolute atomic E-state index is 0.0911. The van der Waals surface area contributed by atoms with Gasteiger partial charge in [0.2, 0.25) is 0 Å². The number of hydrogen-bond acceptors (Lipinski definition) is 4. The van der Waals surface area contributed by atoms with E-state index in [1.807, 2.05) is 28.5 Å². The standard InChI is InChI=1S/C19H22N2O2S/c1-19(20-10-2-3-11-20)15-6-4-7-16(22)14(15)9-12-21(19)18(23)17-8-5-13-24-17/h4-8,13,22H,2-3,9-12H2,1H3. The van der Waals surface area contributed by atoms with Crippen molar-refractivity contribution in [2.75, 3.05) is 19.6 Å². The van der Waals surface area contributed by atoms with Gasteiger partial charge >= 0.3 is 0 Å². The van der Waals surface area contributed by atoms with Crippen LogP contribution >= 0.6 is 11.3 Å². The second kappa shape index (κ2) is 5.90. The Morgan fingerprint density at radius 3 is 2.67 bits per heavy atom. The van der Waals surface area contributed by atoms with Crippen LogP contribution in [0.3, 0.4) is 0 Å². The van der Waals surface area contributed by atoms with Gasteiger partial charge in [-0.05, 0) is 49.3 Å². The molecular formula is C19H22N2O2S. The second-order valence-corrected chi connectivity index (χ2v) is 7.65. The van der Waals surface area contributed by atoms with E-state index >= 15 is 0 Å². The van der Waals surface area contributed by atoms with Gasteiger partial charge in [0.15, 0.2) is 0 Å². The first-order chi connectivity index (χ1) is 11.6. The van der Waals surface area contributed by atoms with Crippen LogP contribution in [0.5, 0.6) is 5.75 Å². The first-order valence-corrected chi connectivity index (χ1v) is 9.42. The smallest absolute Gasteiger partial charge is 0.265 e. The van der Waals surface area contributed by atoms with Gasteiger partial charge < -0.3 is 10.0 Å². The summed E-state index contributed by atoms with van der Waals surface area (Å²) in [5.41, 5.74) is 1.56. The van der Waals surface area contributed by atoms with Crippen molar-refractivity contribution in [1.29, 1.82) is 0 Å². The number of thiophene rings is 1. The number of aromatic hydroxyl groups is 1. The molecule has 2 aliphatic rings. The molecule has 1 aromatic carbocycles. The first-order valence-electron chi connectivity index (χ1n) is 8.54. The van der Waals surface area contributed by atoms with Crippen LogP contribution in [0, 0.1) is 0 Å². The summed E-state index contributed by atoms with van der Waals surface area (Å²) in [6, 6.07) is 9.53. The number of carbonyl (C=O) groups excluding carboxylic acids is 1.